The molecule has 2 aromatic rings. The number of rotatable bonds is 1. The first kappa shape index (κ1) is 12.0. The second-order valence-corrected chi connectivity index (χ2v) is 6.39. The summed E-state index contributed by atoms with van der Waals surface area (Å²) in [4.78, 5) is 0.100. The fourth-order valence-corrected chi connectivity index (χ4v) is 4.14. The van der Waals surface area contributed by atoms with Gasteiger partial charge in [-0.3, -0.25) is 0 Å². The van der Waals surface area contributed by atoms with E-state index in [4.69, 9.17) is 10.4 Å². The van der Waals surface area contributed by atoms with Gasteiger partial charge in [0.1, 0.15) is 15.8 Å². The van der Waals surface area contributed by atoms with Crippen LogP contribution in [0.25, 0.3) is 10.1 Å². The molecule has 17 heavy (non-hydrogen) atoms. The van der Waals surface area contributed by atoms with Crippen molar-refractivity contribution in [2.75, 3.05) is 0 Å². The van der Waals surface area contributed by atoms with Crippen molar-refractivity contribution in [1.82, 2.24) is 0 Å². The molecule has 2 N–H and O–H groups in total. The third-order valence-corrected chi connectivity index (χ3v) is 4.83. The van der Waals surface area contributed by atoms with Crippen molar-refractivity contribution in [1.29, 1.82) is 5.26 Å². The largest absolute Gasteiger partial charge is 0.240 e. The van der Waals surface area contributed by atoms with Crippen molar-refractivity contribution in [2.24, 2.45) is 5.14 Å². The number of primary sulfonamides is 1. The lowest BCUT2D eigenvalue weighted by molar-refractivity contribution is 0.598. The minimum atomic E-state index is -3.87. The van der Waals surface area contributed by atoms with Crippen molar-refractivity contribution >= 4 is 31.4 Å². The van der Waals surface area contributed by atoms with Crippen LogP contribution < -0.4 is 5.14 Å². The molecule has 88 valence electrons. The number of aryl methyl sites for hydroxylation is 2. The molecule has 0 saturated heterocycles. The Morgan fingerprint density at radius 1 is 1.35 bits per heavy atom. The Morgan fingerprint density at radius 2 is 2.00 bits per heavy atom. The number of sulfonamides is 1. The van der Waals surface area contributed by atoms with E-state index in [2.05, 4.69) is 0 Å². The summed E-state index contributed by atoms with van der Waals surface area (Å²) in [5.41, 5.74) is 1.90. The molecule has 0 bridgehead atoms. The van der Waals surface area contributed by atoms with Crippen molar-refractivity contribution in [3.8, 4) is 6.07 Å². The van der Waals surface area contributed by atoms with Crippen LogP contribution in [0, 0.1) is 25.2 Å². The standard InChI is InChI=1S/C11H10N2O2S2/c1-6-3-7(2)10-8(4-6)11(17(13,14)15)9(5-12)16-10/h3-4H,1-2H3,(H2,13,14,15). The van der Waals surface area contributed by atoms with Crippen LogP contribution in [0.2, 0.25) is 0 Å². The van der Waals surface area contributed by atoms with E-state index in [9.17, 15) is 8.42 Å². The zero-order valence-corrected chi connectivity index (χ0v) is 10.9. The van der Waals surface area contributed by atoms with Gasteiger partial charge in [0.2, 0.25) is 10.0 Å². The number of hydrogen-bond donors (Lipinski definition) is 1. The minimum absolute atomic E-state index is 0.0493. The number of nitrogens with zero attached hydrogens (tertiary/aromatic N) is 1. The van der Waals surface area contributed by atoms with Crippen LogP contribution in [0.4, 0.5) is 0 Å². The maximum absolute atomic E-state index is 11.5. The molecule has 0 aliphatic heterocycles. The van der Waals surface area contributed by atoms with Crippen LogP contribution in [0.5, 0.6) is 0 Å². The Hall–Kier alpha value is -1.42. The predicted octanol–water partition coefficient (Wildman–Crippen LogP) is 2.04. The summed E-state index contributed by atoms with van der Waals surface area (Å²) < 4.78 is 23.9. The first-order valence-corrected chi connectivity index (χ1v) is 7.17. The van der Waals surface area contributed by atoms with E-state index >= 15 is 0 Å². The Labute approximate surface area is 103 Å². The zero-order chi connectivity index (χ0) is 12.8. The summed E-state index contributed by atoms with van der Waals surface area (Å²) in [5.74, 6) is 0. The summed E-state index contributed by atoms with van der Waals surface area (Å²) in [6.07, 6.45) is 0. The minimum Gasteiger partial charge on any atom is -0.225 e. The third-order valence-electron chi connectivity index (χ3n) is 2.46. The summed E-state index contributed by atoms with van der Waals surface area (Å²) in [6.45, 7) is 3.77. The highest BCUT2D eigenvalue weighted by molar-refractivity contribution is 7.89. The van der Waals surface area contributed by atoms with E-state index in [1.165, 1.54) is 11.3 Å². The van der Waals surface area contributed by atoms with Gasteiger partial charge in [-0.1, -0.05) is 11.6 Å². The van der Waals surface area contributed by atoms with Crippen molar-refractivity contribution in [3.05, 3.63) is 28.1 Å². The molecule has 1 heterocycles. The quantitative estimate of drug-likeness (QED) is 0.857. The van der Waals surface area contributed by atoms with Crippen molar-refractivity contribution in [2.45, 2.75) is 18.7 Å². The molecule has 0 saturated carbocycles. The van der Waals surface area contributed by atoms with Gasteiger partial charge in [-0.2, -0.15) is 5.26 Å². The highest BCUT2D eigenvalue weighted by Gasteiger charge is 2.22. The molecule has 0 spiro atoms. The lowest BCUT2D eigenvalue weighted by Gasteiger charge is -2.00. The van der Waals surface area contributed by atoms with Gasteiger partial charge in [0.15, 0.2) is 0 Å². The zero-order valence-electron chi connectivity index (χ0n) is 9.31. The SMILES string of the molecule is Cc1cc(C)c2sc(C#N)c(S(N)(=O)=O)c2c1. The molecule has 0 unspecified atom stereocenters. The normalized spacial score (nSPS) is 11.6. The Kier molecular flexibility index (Phi) is 2.70. The summed E-state index contributed by atoms with van der Waals surface area (Å²) >= 11 is 1.17. The average Bonchev–Trinajstić information content (AvgIpc) is 2.55. The predicted molar refractivity (Wildman–Crippen MR) is 67.4 cm³/mol. The van der Waals surface area contributed by atoms with E-state index in [1.807, 2.05) is 26.0 Å². The molecular formula is C11H10N2O2S2. The van der Waals surface area contributed by atoms with E-state index < -0.39 is 10.0 Å². The summed E-state index contributed by atoms with van der Waals surface area (Å²) in [6, 6.07) is 5.60. The van der Waals surface area contributed by atoms with Crippen molar-refractivity contribution < 1.29 is 8.42 Å². The highest BCUT2D eigenvalue weighted by Crippen LogP contribution is 2.36. The van der Waals surface area contributed by atoms with E-state index in [0.717, 1.165) is 15.8 Å². The van der Waals surface area contributed by atoms with Gasteiger partial charge in [-0.15, -0.1) is 11.3 Å². The maximum atomic E-state index is 11.5. The van der Waals surface area contributed by atoms with Gasteiger partial charge >= 0.3 is 0 Å². The molecule has 6 heteroatoms. The fourth-order valence-electron chi connectivity index (χ4n) is 1.89. The second kappa shape index (κ2) is 3.81. The van der Waals surface area contributed by atoms with Gasteiger partial charge < -0.3 is 0 Å². The highest BCUT2D eigenvalue weighted by atomic mass is 32.2. The van der Waals surface area contributed by atoms with Gasteiger partial charge in [0.25, 0.3) is 0 Å². The summed E-state index contributed by atoms with van der Waals surface area (Å²) in [7, 11) is -3.87. The van der Waals surface area contributed by atoms with Crippen LogP contribution in [0.15, 0.2) is 17.0 Å². The molecule has 0 fully saturated rings. The van der Waals surface area contributed by atoms with Gasteiger partial charge in [0, 0.05) is 10.1 Å². The Balaban J connectivity index is 3.06. The number of benzene rings is 1. The molecule has 0 radical (unpaired) electrons. The fraction of sp³-hybridized carbons (Fsp3) is 0.182. The number of nitrogens with two attached hydrogens (primary N) is 1. The van der Waals surface area contributed by atoms with Gasteiger partial charge in [-0.05, 0) is 25.5 Å². The smallest absolute Gasteiger partial charge is 0.225 e. The third kappa shape index (κ3) is 1.93. The Morgan fingerprint density at radius 3 is 2.53 bits per heavy atom. The molecule has 1 aromatic heterocycles. The molecule has 0 aliphatic rings. The van der Waals surface area contributed by atoms with E-state index in [-0.39, 0.29) is 9.77 Å². The average molecular weight is 266 g/mol. The second-order valence-electron chi connectivity index (χ2n) is 3.88. The number of fused-ring (bicyclic) bond motifs is 1. The molecular weight excluding hydrogens is 256 g/mol. The molecule has 1 aromatic carbocycles. The number of thiophene rings is 1. The number of hydrogen-bond acceptors (Lipinski definition) is 4. The molecule has 0 amide bonds. The topological polar surface area (TPSA) is 83.9 Å². The molecule has 2 rings (SSSR count). The lowest BCUT2D eigenvalue weighted by atomic mass is 10.1. The van der Waals surface area contributed by atoms with Crippen molar-refractivity contribution in [3.63, 3.8) is 0 Å². The lowest BCUT2D eigenvalue weighted by Crippen LogP contribution is -2.12. The Bertz CT molecular complexity index is 752. The molecule has 4 nitrogen and oxygen atoms in total. The van der Waals surface area contributed by atoms with E-state index in [1.54, 1.807) is 6.07 Å². The van der Waals surface area contributed by atoms with Crippen LogP contribution in [0.3, 0.4) is 0 Å². The van der Waals surface area contributed by atoms with Crippen LogP contribution in [-0.4, -0.2) is 8.42 Å². The molecule has 0 atom stereocenters. The van der Waals surface area contributed by atoms with E-state index in [0.29, 0.717) is 5.39 Å². The summed E-state index contributed by atoms with van der Waals surface area (Å²) in [5, 5.41) is 14.7. The molecule has 0 aliphatic carbocycles. The first-order chi connectivity index (χ1) is 7.84. The van der Waals surface area contributed by atoms with Crippen LogP contribution in [0.1, 0.15) is 16.0 Å². The van der Waals surface area contributed by atoms with Gasteiger partial charge in [0.05, 0.1) is 0 Å². The van der Waals surface area contributed by atoms with Crippen LogP contribution in [-0.2, 0) is 10.0 Å². The number of nitriles is 1. The monoisotopic (exact) mass is 266 g/mol. The first-order valence-electron chi connectivity index (χ1n) is 4.81. The van der Waals surface area contributed by atoms with Crippen LogP contribution >= 0.6 is 11.3 Å². The maximum Gasteiger partial charge on any atom is 0.240 e. The van der Waals surface area contributed by atoms with Gasteiger partial charge in [-0.25, -0.2) is 13.6 Å².